The van der Waals surface area contributed by atoms with E-state index in [-0.39, 0.29) is 40.1 Å². The van der Waals surface area contributed by atoms with Crippen molar-refractivity contribution in [2.45, 2.75) is 4.90 Å². The number of carbonyl (C=O) groups excluding carboxylic acids is 1. The van der Waals surface area contributed by atoms with Crippen molar-refractivity contribution in [1.29, 1.82) is 0 Å². The number of amides is 1. The highest BCUT2D eigenvalue weighted by atomic mass is 32.2. The van der Waals surface area contributed by atoms with E-state index in [1.165, 1.54) is 25.3 Å². The highest BCUT2D eigenvalue weighted by molar-refractivity contribution is 7.92. The second kappa shape index (κ2) is 8.07. The van der Waals surface area contributed by atoms with Gasteiger partial charge in [0.25, 0.3) is 15.9 Å². The summed E-state index contributed by atoms with van der Waals surface area (Å²) in [6.07, 6.45) is 0. The maximum Gasteiger partial charge on any atom is 0.262 e. The van der Waals surface area contributed by atoms with Crippen molar-refractivity contribution in [3.63, 3.8) is 0 Å². The van der Waals surface area contributed by atoms with Gasteiger partial charge in [-0.15, -0.1) is 0 Å². The van der Waals surface area contributed by atoms with E-state index in [4.69, 9.17) is 14.2 Å². The molecule has 0 saturated heterocycles. The first-order chi connectivity index (χ1) is 14.9. The lowest BCUT2D eigenvalue weighted by molar-refractivity contribution is 0.102. The first-order valence-corrected chi connectivity index (χ1v) is 10.6. The van der Waals surface area contributed by atoms with Gasteiger partial charge in [-0.25, -0.2) is 8.42 Å². The van der Waals surface area contributed by atoms with E-state index in [0.29, 0.717) is 11.5 Å². The molecule has 0 fully saturated rings. The molecule has 9 nitrogen and oxygen atoms in total. The number of phenolic OH excluding ortho intramolecular Hbond substituents is 1. The summed E-state index contributed by atoms with van der Waals surface area (Å²) in [6.45, 7) is -0.00672. The number of fused-ring (bicyclic) bond motifs is 1. The van der Waals surface area contributed by atoms with Crippen LogP contribution in [0.4, 0.5) is 11.4 Å². The smallest absolute Gasteiger partial charge is 0.262 e. The van der Waals surface area contributed by atoms with Gasteiger partial charge in [0.05, 0.1) is 28.9 Å². The highest BCUT2D eigenvalue weighted by Gasteiger charge is 2.23. The van der Waals surface area contributed by atoms with Gasteiger partial charge in [0.2, 0.25) is 6.79 Å². The summed E-state index contributed by atoms with van der Waals surface area (Å²) in [7, 11) is -2.61. The second-order valence-electron chi connectivity index (χ2n) is 6.48. The van der Waals surface area contributed by atoms with E-state index in [9.17, 15) is 18.3 Å². The molecule has 0 atom stereocenters. The predicted molar refractivity (Wildman–Crippen MR) is 112 cm³/mol. The van der Waals surface area contributed by atoms with Gasteiger partial charge in [-0.3, -0.25) is 9.52 Å². The standard InChI is InChI=1S/C21H18N2O7S/c1-28-18-7-3-2-6-15(18)23-31(26,27)13-9-10-17(24)16(11-13)22-21(25)14-5-4-8-19-20(14)30-12-29-19/h2-11,23-24H,12H2,1H3,(H,22,25). The molecular weight excluding hydrogens is 424 g/mol. The van der Waals surface area contributed by atoms with Crippen LogP contribution in [0.3, 0.4) is 0 Å². The van der Waals surface area contributed by atoms with Crippen LogP contribution in [-0.2, 0) is 10.0 Å². The first kappa shape index (κ1) is 20.4. The lowest BCUT2D eigenvalue weighted by Gasteiger charge is -2.14. The Morgan fingerprint density at radius 2 is 1.84 bits per heavy atom. The summed E-state index contributed by atoms with van der Waals surface area (Å²) in [5.41, 5.74) is 0.361. The third kappa shape index (κ3) is 4.05. The number of rotatable bonds is 6. The number of benzene rings is 3. The van der Waals surface area contributed by atoms with Crippen LogP contribution in [0, 0.1) is 0 Å². The zero-order chi connectivity index (χ0) is 22.0. The van der Waals surface area contributed by atoms with Crippen LogP contribution >= 0.6 is 0 Å². The minimum Gasteiger partial charge on any atom is -0.506 e. The Labute approximate surface area is 178 Å². The maximum absolute atomic E-state index is 12.8. The van der Waals surface area contributed by atoms with Crippen molar-refractivity contribution >= 4 is 27.3 Å². The number of carbonyl (C=O) groups is 1. The number of aromatic hydroxyl groups is 1. The molecule has 3 N–H and O–H groups in total. The first-order valence-electron chi connectivity index (χ1n) is 9.08. The number of para-hydroxylation sites is 3. The Balaban J connectivity index is 1.61. The number of sulfonamides is 1. The molecule has 4 rings (SSSR count). The summed E-state index contributed by atoms with van der Waals surface area (Å²) in [5.74, 6) is 0.160. The molecule has 10 heteroatoms. The molecule has 0 aromatic heterocycles. The molecule has 0 saturated carbocycles. The zero-order valence-electron chi connectivity index (χ0n) is 16.3. The van der Waals surface area contributed by atoms with Crippen molar-refractivity contribution in [3.8, 4) is 23.0 Å². The average Bonchev–Trinajstić information content (AvgIpc) is 3.24. The monoisotopic (exact) mass is 442 g/mol. The van der Waals surface area contributed by atoms with E-state index in [1.54, 1.807) is 36.4 Å². The summed E-state index contributed by atoms with van der Waals surface area (Å²) in [6, 6.07) is 14.9. The summed E-state index contributed by atoms with van der Waals surface area (Å²) in [5, 5.41) is 12.7. The zero-order valence-corrected chi connectivity index (χ0v) is 17.1. The minimum absolute atomic E-state index is 0.00672. The predicted octanol–water partition coefficient (Wildman–Crippen LogP) is 3.18. The molecule has 1 aliphatic heterocycles. The van der Waals surface area contributed by atoms with Crippen LogP contribution in [-0.4, -0.2) is 33.3 Å². The van der Waals surface area contributed by atoms with Gasteiger partial charge in [0, 0.05) is 0 Å². The Bertz CT molecular complexity index is 1260. The third-order valence-corrected chi connectivity index (χ3v) is 5.88. The van der Waals surface area contributed by atoms with Crippen molar-refractivity contribution in [2.24, 2.45) is 0 Å². The van der Waals surface area contributed by atoms with Crippen molar-refractivity contribution in [3.05, 3.63) is 66.2 Å². The van der Waals surface area contributed by atoms with Crippen molar-refractivity contribution in [1.82, 2.24) is 0 Å². The Kier molecular flexibility index (Phi) is 5.30. The minimum atomic E-state index is -4.03. The van der Waals surface area contributed by atoms with Gasteiger partial charge in [0.15, 0.2) is 11.5 Å². The lowest BCUT2D eigenvalue weighted by Crippen LogP contribution is -2.16. The fourth-order valence-corrected chi connectivity index (χ4v) is 4.11. The van der Waals surface area contributed by atoms with Gasteiger partial charge in [-0.1, -0.05) is 18.2 Å². The van der Waals surface area contributed by atoms with E-state index in [1.807, 2.05) is 0 Å². The van der Waals surface area contributed by atoms with E-state index in [0.717, 1.165) is 6.07 Å². The number of anilines is 2. The van der Waals surface area contributed by atoms with Crippen LogP contribution in [0.2, 0.25) is 0 Å². The quantitative estimate of drug-likeness (QED) is 0.501. The lowest BCUT2D eigenvalue weighted by atomic mass is 10.1. The molecule has 1 aliphatic rings. The topological polar surface area (TPSA) is 123 Å². The summed E-state index contributed by atoms with van der Waals surface area (Å²) in [4.78, 5) is 12.6. The van der Waals surface area contributed by atoms with Gasteiger partial charge >= 0.3 is 0 Å². The molecule has 31 heavy (non-hydrogen) atoms. The fraction of sp³-hybridized carbons (Fsp3) is 0.0952. The molecule has 3 aromatic carbocycles. The van der Waals surface area contributed by atoms with Crippen LogP contribution in [0.15, 0.2) is 65.6 Å². The molecule has 160 valence electrons. The molecule has 0 aliphatic carbocycles. The largest absolute Gasteiger partial charge is 0.506 e. The summed E-state index contributed by atoms with van der Waals surface area (Å²) >= 11 is 0. The van der Waals surface area contributed by atoms with Crippen LogP contribution in [0.5, 0.6) is 23.0 Å². The van der Waals surface area contributed by atoms with Crippen LogP contribution < -0.4 is 24.2 Å². The summed E-state index contributed by atoms with van der Waals surface area (Å²) < 4.78 is 43.9. The fourth-order valence-electron chi connectivity index (χ4n) is 3.01. The van der Waals surface area contributed by atoms with Crippen LogP contribution in [0.1, 0.15) is 10.4 Å². The average molecular weight is 442 g/mol. The number of ether oxygens (including phenoxy) is 3. The van der Waals surface area contributed by atoms with Crippen molar-refractivity contribution < 1.29 is 32.5 Å². The molecule has 0 bridgehead atoms. The molecule has 1 heterocycles. The van der Waals surface area contributed by atoms with Gasteiger partial charge in [-0.05, 0) is 42.5 Å². The number of methoxy groups -OCH3 is 1. The Morgan fingerprint density at radius 1 is 1.03 bits per heavy atom. The molecule has 0 spiro atoms. The number of nitrogens with one attached hydrogen (secondary N) is 2. The molecule has 0 unspecified atom stereocenters. The SMILES string of the molecule is COc1ccccc1NS(=O)(=O)c1ccc(O)c(NC(=O)c2cccc3c2OCO3)c1. The van der Waals surface area contributed by atoms with E-state index < -0.39 is 15.9 Å². The second-order valence-corrected chi connectivity index (χ2v) is 8.16. The van der Waals surface area contributed by atoms with Gasteiger partial charge < -0.3 is 24.6 Å². The molecule has 3 aromatic rings. The van der Waals surface area contributed by atoms with E-state index in [2.05, 4.69) is 10.0 Å². The molecule has 1 amide bonds. The highest BCUT2D eigenvalue weighted by Crippen LogP contribution is 2.36. The van der Waals surface area contributed by atoms with Gasteiger partial charge in [-0.2, -0.15) is 0 Å². The van der Waals surface area contributed by atoms with Crippen LogP contribution in [0.25, 0.3) is 0 Å². The van der Waals surface area contributed by atoms with Crippen molar-refractivity contribution in [2.75, 3.05) is 23.9 Å². The third-order valence-electron chi connectivity index (χ3n) is 4.52. The normalized spacial score (nSPS) is 12.3. The molecule has 0 radical (unpaired) electrons. The number of hydrogen-bond acceptors (Lipinski definition) is 7. The Hall–Kier alpha value is -3.92. The van der Waals surface area contributed by atoms with E-state index >= 15 is 0 Å². The Morgan fingerprint density at radius 3 is 2.65 bits per heavy atom. The maximum atomic E-state index is 12.8. The van der Waals surface area contributed by atoms with Gasteiger partial charge in [0.1, 0.15) is 11.5 Å². The molecular formula is C21H18N2O7S. The number of phenols is 1. The number of hydrogen-bond donors (Lipinski definition) is 3.